The van der Waals surface area contributed by atoms with Crippen molar-refractivity contribution in [2.75, 3.05) is 0 Å². The first-order chi connectivity index (χ1) is 13.6. The van der Waals surface area contributed by atoms with Crippen molar-refractivity contribution in [2.45, 2.75) is 58.4 Å². The van der Waals surface area contributed by atoms with E-state index < -0.39 is 0 Å². The number of aryl methyl sites for hydroxylation is 2. The third kappa shape index (κ3) is 3.69. The lowest BCUT2D eigenvalue weighted by Gasteiger charge is -2.14. The van der Waals surface area contributed by atoms with Crippen molar-refractivity contribution in [3.8, 4) is 5.82 Å². The molecular weight excluding hydrogens is 352 g/mol. The maximum atomic E-state index is 12.5. The van der Waals surface area contributed by atoms with Crippen molar-refractivity contribution >= 4 is 5.91 Å². The summed E-state index contributed by atoms with van der Waals surface area (Å²) < 4.78 is 1.80. The number of aromatic amines is 1. The Kier molecular flexibility index (Phi) is 5.23. The minimum atomic E-state index is -0.113. The molecule has 1 amide bonds. The molecule has 0 aliphatic heterocycles. The number of aromatic nitrogens is 5. The molecule has 1 aliphatic carbocycles. The van der Waals surface area contributed by atoms with E-state index >= 15 is 0 Å². The Balaban J connectivity index is 1.37. The molecular formula is C21H26N6O. The van der Waals surface area contributed by atoms with Gasteiger partial charge in [-0.05, 0) is 57.2 Å². The molecule has 0 spiro atoms. The third-order valence-electron chi connectivity index (χ3n) is 5.49. The van der Waals surface area contributed by atoms with Crippen molar-refractivity contribution in [3.63, 3.8) is 0 Å². The molecule has 0 bridgehead atoms. The van der Waals surface area contributed by atoms with Crippen LogP contribution in [0.15, 0.2) is 30.6 Å². The number of H-pyrrole nitrogens is 1. The fourth-order valence-corrected chi connectivity index (χ4v) is 3.94. The number of rotatable bonds is 6. The van der Waals surface area contributed by atoms with Gasteiger partial charge in [0.25, 0.3) is 0 Å². The molecule has 0 radical (unpaired) electrons. The average Bonchev–Trinajstić information content (AvgIpc) is 3.30. The molecule has 1 atom stereocenters. The Bertz CT molecular complexity index is 959. The first-order valence-corrected chi connectivity index (χ1v) is 9.93. The molecule has 3 aromatic rings. The van der Waals surface area contributed by atoms with Gasteiger partial charge in [0.1, 0.15) is 0 Å². The molecule has 1 aliphatic rings. The van der Waals surface area contributed by atoms with E-state index in [-0.39, 0.29) is 11.9 Å². The van der Waals surface area contributed by atoms with Crippen molar-refractivity contribution in [2.24, 2.45) is 0 Å². The van der Waals surface area contributed by atoms with Crippen LogP contribution in [0.3, 0.4) is 0 Å². The maximum Gasteiger partial charge on any atom is 0.220 e. The second-order valence-electron chi connectivity index (χ2n) is 7.41. The second-order valence-corrected chi connectivity index (χ2v) is 7.41. The Morgan fingerprint density at radius 3 is 3.00 bits per heavy atom. The van der Waals surface area contributed by atoms with E-state index in [1.807, 2.05) is 32.0 Å². The topological polar surface area (TPSA) is 88.5 Å². The van der Waals surface area contributed by atoms with Crippen LogP contribution < -0.4 is 5.32 Å². The first kappa shape index (κ1) is 18.4. The zero-order valence-electron chi connectivity index (χ0n) is 16.4. The van der Waals surface area contributed by atoms with Gasteiger partial charge >= 0.3 is 0 Å². The van der Waals surface area contributed by atoms with Gasteiger partial charge in [0.15, 0.2) is 5.82 Å². The predicted molar refractivity (Wildman–Crippen MR) is 106 cm³/mol. The number of carbonyl (C=O) groups is 1. The molecule has 146 valence electrons. The van der Waals surface area contributed by atoms with Gasteiger partial charge in [0.2, 0.25) is 5.91 Å². The lowest BCUT2D eigenvalue weighted by Crippen LogP contribution is -2.27. The van der Waals surface area contributed by atoms with Crippen LogP contribution in [0.1, 0.15) is 60.4 Å². The fourth-order valence-electron chi connectivity index (χ4n) is 3.94. The minimum absolute atomic E-state index is 0.0324. The number of hydrogen-bond acceptors (Lipinski definition) is 4. The standard InChI is InChI=1S/C21H26N6O/c1-14(17-13-23-27(15(17)2)20-9-5-6-12-22-20)24-21(28)11-10-19-16-7-3-4-8-18(16)25-26-19/h5-6,9,12-14H,3-4,7-8,10-11H2,1-2H3,(H,24,28)(H,25,26). The quantitative estimate of drug-likeness (QED) is 0.690. The van der Waals surface area contributed by atoms with E-state index in [0.29, 0.717) is 12.8 Å². The Labute approximate surface area is 164 Å². The van der Waals surface area contributed by atoms with Crippen LogP contribution in [0.4, 0.5) is 0 Å². The lowest BCUT2D eigenvalue weighted by molar-refractivity contribution is -0.121. The highest BCUT2D eigenvalue weighted by atomic mass is 16.1. The molecule has 28 heavy (non-hydrogen) atoms. The summed E-state index contributed by atoms with van der Waals surface area (Å²) in [4.78, 5) is 16.8. The lowest BCUT2D eigenvalue weighted by atomic mass is 9.94. The number of hydrogen-bond donors (Lipinski definition) is 2. The Hall–Kier alpha value is -2.96. The zero-order chi connectivity index (χ0) is 19.5. The number of pyridine rings is 1. The summed E-state index contributed by atoms with van der Waals surface area (Å²) in [6.45, 7) is 3.98. The van der Waals surface area contributed by atoms with Crippen LogP contribution in [0.5, 0.6) is 0 Å². The van der Waals surface area contributed by atoms with E-state index in [1.165, 1.54) is 24.1 Å². The van der Waals surface area contributed by atoms with Crippen molar-refractivity contribution < 1.29 is 4.79 Å². The number of amides is 1. The van der Waals surface area contributed by atoms with Crippen LogP contribution in [-0.2, 0) is 24.1 Å². The highest BCUT2D eigenvalue weighted by Crippen LogP contribution is 2.23. The smallest absolute Gasteiger partial charge is 0.220 e. The van der Waals surface area contributed by atoms with Gasteiger partial charge in [0, 0.05) is 36.0 Å². The molecule has 3 heterocycles. The van der Waals surface area contributed by atoms with E-state index in [4.69, 9.17) is 0 Å². The molecule has 0 saturated heterocycles. The summed E-state index contributed by atoms with van der Waals surface area (Å²) >= 11 is 0. The molecule has 3 aromatic heterocycles. The molecule has 0 saturated carbocycles. The van der Waals surface area contributed by atoms with Crippen LogP contribution in [0.25, 0.3) is 5.82 Å². The van der Waals surface area contributed by atoms with Gasteiger partial charge in [-0.15, -0.1) is 0 Å². The Morgan fingerprint density at radius 2 is 2.18 bits per heavy atom. The number of nitrogens with zero attached hydrogens (tertiary/aromatic N) is 4. The van der Waals surface area contributed by atoms with Crippen molar-refractivity contribution in [1.29, 1.82) is 0 Å². The van der Waals surface area contributed by atoms with E-state index in [2.05, 4.69) is 25.6 Å². The highest BCUT2D eigenvalue weighted by Gasteiger charge is 2.19. The first-order valence-electron chi connectivity index (χ1n) is 9.93. The summed E-state index contributed by atoms with van der Waals surface area (Å²) in [7, 11) is 0. The molecule has 4 rings (SSSR count). The van der Waals surface area contributed by atoms with Crippen LogP contribution >= 0.6 is 0 Å². The minimum Gasteiger partial charge on any atom is -0.349 e. The normalized spacial score (nSPS) is 14.5. The largest absolute Gasteiger partial charge is 0.349 e. The van der Waals surface area contributed by atoms with Crippen LogP contribution in [0, 0.1) is 6.92 Å². The molecule has 0 aromatic carbocycles. The highest BCUT2D eigenvalue weighted by molar-refractivity contribution is 5.76. The van der Waals surface area contributed by atoms with Gasteiger partial charge in [-0.2, -0.15) is 10.2 Å². The van der Waals surface area contributed by atoms with Gasteiger partial charge in [-0.1, -0.05) is 6.07 Å². The van der Waals surface area contributed by atoms with Gasteiger partial charge in [-0.25, -0.2) is 9.67 Å². The SMILES string of the molecule is Cc1c(C(C)NC(=O)CCc2n[nH]c3c2CCCC3)cnn1-c1ccccn1. The molecule has 2 N–H and O–H groups in total. The molecule has 7 heteroatoms. The van der Waals surface area contributed by atoms with E-state index in [9.17, 15) is 4.79 Å². The number of nitrogens with one attached hydrogen (secondary N) is 2. The summed E-state index contributed by atoms with van der Waals surface area (Å²) in [5.74, 6) is 0.804. The van der Waals surface area contributed by atoms with Gasteiger partial charge in [0.05, 0.1) is 17.9 Å². The predicted octanol–water partition coefficient (Wildman–Crippen LogP) is 2.99. The molecule has 1 unspecified atom stereocenters. The average molecular weight is 378 g/mol. The van der Waals surface area contributed by atoms with Gasteiger partial charge < -0.3 is 5.32 Å². The zero-order valence-corrected chi connectivity index (χ0v) is 16.4. The van der Waals surface area contributed by atoms with E-state index in [1.54, 1.807) is 17.1 Å². The maximum absolute atomic E-state index is 12.5. The monoisotopic (exact) mass is 378 g/mol. The fraction of sp³-hybridized carbons (Fsp3) is 0.429. The number of carbonyl (C=O) groups excluding carboxylic acids is 1. The summed E-state index contributed by atoms with van der Waals surface area (Å²) in [5.41, 5.74) is 5.62. The number of fused-ring (bicyclic) bond motifs is 1. The van der Waals surface area contributed by atoms with Crippen LogP contribution in [-0.4, -0.2) is 30.9 Å². The van der Waals surface area contributed by atoms with E-state index in [0.717, 1.165) is 35.6 Å². The summed E-state index contributed by atoms with van der Waals surface area (Å²) in [5, 5.41) is 15.1. The second kappa shape index (κ2) is 7.96. The molecule has 7 nitrogen and oxygen atoms in total. The van der Waals surface area contributed by atoms with Crippen LogP contribution in [0.2, 0.25) is 0 Å². The summed E-state index contributed by atoms with van der Waals surface area (Å²) in [6.07, 6.45) is 9.25. The molecule has 0 fully saturated rings. The Morgan fingerprint density at radius 1 is 1.32 bits per heavy atom. The van der Waals surface area contributed by atoms with Crippen molar-refractivity contribution in [1.82, 2.24) is 30.3 Å². The third-order valence-corrected chi connectivity index (χ3v) is 5.49. The summed E-state index contributed by atoms with van der Waals surface area (Å²) in [6, 6.07) is 5.61. The van der Waals surface area contributed by atoms with Gasteiger partial charge in [-0.3, -0.25) is 9.89 Å². The van der Waals surface area contributed by atoms with Crippen molar-refractivity contribution in [3.05, 3.63) is 58.8 Å².